The monoisotopic (exact) mass is 473 g/mol. The van der Waals surface area contributed by atoms with Crippen molar-refractivity contribution in [3.05, 3.63) is 56.7 Å². The molecule has 0 fully saturated rings. The highest BCUT2D eigenvalue weighted by Gasteiger charge is 2.26. The Hall–Kier alpha value is -3.89. The van der Waals surface area contributed by atoms with Crippen LogP contribution in [0.1, 0.15) is 50.4 Å². The smallest absolute Gasteiger partial charge is 0.330 e. The quantitative estimate of drug-likeness (QED) is 0.411. The number of amides is 2. The number of ether oxygens (including phenoxy) is 1. The third-order valence-electron chi connectivity index (χ3n) is 5.04. The number of H-pyrrole nitrogens is 1. The first-order valence-electron chi connectivity index (χ1n) is 11.2. The van der Waals surface area contributed by atoms with Crippen LogP contribution in [0.5, 0.6) is 0 Å². The van der Waals surface area contributed by atoms with E-state index in [0.717, 1.165) is 11.3 Å². The minimum absolute atomic E-state index is 0.130. The SMILES string of the molecule is CCCCN(C(=O)COC(=O)C(C)NC(=O)c1ccccc1)c1c(N)n(CCC)c(=O)[nH]c1=O. The summed E-state index contributed by atoms with van der Waals surface area (Å²) in [7, 11) is 0. The average Bonchev–Trinajstić information content (AvgIpc) is 2.82. The van der Waals surface area contributed by atoms with Gasteiger partial charge >= 0.3 is 11.7 Å². The molecule has 0 aliphatic heterocycles. The summed E-state index contributed by atoms with van der Waals surface area (Å²) < 4.78 is 6.29. The molecule has 2 rings (SSSR count). The predicted molar refractivity (Wildman–Crippen MR) is 128 cm³/mol. The molecule has 0 saturated heterocycles. The Morgan fingerprint density at radius 1 is 1.15 bits per heavy atom. The maximum Gasteiger partial charge on any atom is 0.330 e. The number of nitrogens with zero attached hydrogens (tertiary/aromatic N) is 2. The molecule has 0 spiro atoms. The summed E-state index contributed by atoms with van der Waals surface area (Å²) in [5.74, 6) is -2.08. The molecule has 1 atom stereocenters. The number of hydrogen-bond acceptors (Lipinski definition) is 7. The molecule has 1 aromatic carbocycles. The summed E-state index contributed by atoms with van der Waals surface area (Å²) in [5, 5.41) is 2.51. The Bertz CT molecular complexity index is 1120. The molecule has 0 aliphatic carbocycles. The molecule has 4 N–H and O–H groups in total. The molecule has 184 valence electrons. The van der Waals surface area contributed by atoms with Gasteiger partial charge in [0, 0.05) is 18.7 Å². The molecule has 11 nitrogen and oxygen atoms in total. The van der Waals surface area contributed by atoms with Crippen LogP contribution in [-0.4, -0.2) is 46.5 Å². The van der Waals surface area contributed by atoms with Crippen LogP contribution in [0.25, 0.3) is 0 Å². The maximum atomic E-state index is 12.9. The number of rotatable bonds is 11. The summed E-state index contributed by atoms with van der Waals surface area (Å²) >= 11 is 0. The number of benzene rings is 1. The Balaban J connectivity index is 2.15. The normalized spacial score (nSPS) is 11.5. The first kappa shape index (κ1) is 26.4. The van der Waals surface area contributed by atoms with Crippen LogP contribution in [0, 0.1) is 0 Å². The second-order valence-electron chi connectivity index (χ2n) is 7.71. The van der Waals surface area contributed by atoms with E-state index < -0.39 is 41.7 Å². The zero-order valence-electron chi connectivity index (χ0n) is 19.6. The lowest BCUT2D eigenvalue weighted by molar-refractivity contribution is -0.149. The van der Waals surface area contributed by atoms with Gasteiger partial charge in [0.1, 0.15) is 11.9 Å². The van der Waals surface area contributed by atoms with Gasteiger partial charge in [0.05, 0.1) is 0 Å². The molecule has 0 bridgehead atoms. The molecule has 34 heavy (non-hydrogen) atoms. The lowest BCUT2D eigenvalue weighted by Crippen LogP contribution is -2.44. The van der Waals surface area contributed by atoms with Crippen molar-refractivity contribution in [1.29, 1.82) is 0 Å². The number of nitrogens with two attached hydrogens (primary N) is 1. The highest BCUT2D eigenvalue weighted by atomic mass is 16.5. The standard InChI is InChI=1S/C23H31N5O6/c1-4-6-13-27(18-19(24)28(12-5-2)23(33)26-21(18)31)17(29)14-34-22(32)15(3)25-20(30)16-10-8-7-9-11-16/h7-11,15H,4-6,12-14,24H2,1-3H3,(H,25,30)(H,26,31,33). The van der Waals surface area contributed by atoms with E-state index in [-0.39, 0.29) is 24.6 Å². The third kappa shape index (κ3) is 6.56. The molecule has 0 saturated carbocycles. The third-order valence-corrected chi connectivity index (χ3v) is 5.04. The second kappa shape index (κ2) is 12.4. The number of carbonyl (C=O) groups is 3. The van der Waals surface area contributed by atoms with Gasteiger partial charge in [-0.25, -0.2) is 9.59 Å². The van der Waals surface area contributed by atoms with Crippen molar-refractivity contribution in [2.45, 2.75) is 52.6 Å². The van der Waals surface area contributed by atoms with Crippen LogP contribution in [-0.2, 0) is 20.9 Å². The fourth-order valence-corrected chi connectivity index (χ4v) is 3.23. The van der Waals surface area contributed by atoms with Gasteiger partial charge in [-0.15, -0.1) is 0 Å². The van der Waals surface area contributed by atoms with E-state index in [9.17, 15) is 24.0 Å². The highest BCUT2D eigenvalue weighted by Crippen LogP contribution is 2.18. The van der Waals surface area contributed by atoms with Crippen LogP contribution in [0.3, 0.4) is 0 Å². The fraction of sp³-hybridized carbons (Fsp3) is 0.435. The summed E-state index contributed by atoms with van der Waals surface area (Å²) in [5.41, 5.74) is 4.85. The Labute approximate surface area is 196 Å². The van der Waals surface area contributed by atoms with Crippen molar-refractivity contribution in [2.24, 2.45) is 0 Å². The van der Waals surface area contributed by atoms with Gasteiger partial charge in [0.2, 0.25) is 0 Å². The van der Waals surface area contributed by atoms with Crippen LogP contribution in [0.2, 0.25) is 0 Å². The summed E-state index contributed by atoms with van der Waals surface area (Å²) in [4.78, 5) is 65.5. The van der Waals surface area contributed by atoms with Gasteiger partial charge in [0.25, 0.3) is 17.4 Å². The number of anilines is 2. The van der Waals surface area contributed by atoms with Crippen molar-refractivity contribution < 1.29 is 19.1 Å². The van der Waals surface area contributed by atoms with Crippen LogP contribution < -0.4 is 27.2 Å². The molecular weight excluding hydrogens is 442 g/mol. The largest absolute Gasteiger partial charge is 0.454 e. The zero-order chi connectivity index (χ0) is 25.3. The minimum Gasteiger partial charge on any atom is -0.454 e. The van der Waals surface area contributed by atoms with Crippen LogP contribution >= 0.6 is 0 Å². The van der Waals surface area contributed by atoms with Gasteiger partial charge in [-0.2, -0.15) is 0 Å². The zero-order valence-corrected chi connectivity index (χ0v) is 19.6. The fourth-order valence-electron chi connectivity index (χ4n) is 3.23. The molecule has 0 radical (unpaired) electrons. The topological polar surface area (TPSA) is 157 Å². The average molecular weight is 474 g/mol. The van der Waals surface area contributed by atoms with Gasteiger partial charge in [-0.05, 0) is 31.9 Å². The first-order chi connectivity index (χ1) is 16.2. The van der Waals surface area contributed by atoms with E-state index in [1.165, 1.54) is 11.5 Å². The summed E-state index contributed by atoms with van der Waals surface area (Å²) in [6.07, 6.45) is 1.86. The van der Waals surface area contributed by atoms with E-state index in [4.69, 9.17) is 10.5 Å². The van der Waals surface area contributed by atoms with Gasteiger partial charge in [0.15, 0.2) is 12.3 Å². The summed E-state index contributed by atoms with van der Waals surface area (Å²) in [6.45, 7) is 4.92. The van der Waals surface area contributed by atoms with Crippen molar-refractivity contribution >= 4 is 29.3 Å². The molecular formula is C23H31N5O6. The van der Waals surface area contributed by atoms with Gasteiger partial charge in [-0.3, -0.25) is 23.9 Å². The molecule has 11 heteroatoms. The molecule has 0 aliphatic rings. The number of hydrogen-bond donors (Lipinski definition) is 3. The number of nitrogen functional groups attached to an aromatic ring is 1. The minimum atomic E-state index is -1.01. The molecule has 1 heterocycles. The van der Waals surface area contributed by atoms with Gasteiger partial charge in [-0.1, -0.05) is 38.5 Å². The van der Waals surface area contributed by atoms with Crippen LogP contribution in [0.15, 0.2) is 39.9 Å². The van der Waals surface area contributed by atoms with E-state index >= 15 is 0 Å². The van der Waals surface area contributed by atoms with Crippen molar-refractivity contribution in [3.8, 4) is 0 Å². The number of aromatic amines is 1. The Kier molecular flexibility index (Phi) is 9.60. The number of nitrogens with one attached hydrogen (secondary N) is 2. The van der Waals surface area contributed by atoms with Crippen LogP contribution in [0.4, 0.5) is 11.5 Å². The lowest BCUT2D eigenvalue weighted by Gasteiger charge is -2.24. The first-order valence-corrected chi connectivity index (χ1v) is 11.2. The highest BCUT2D eigenvalue weighted by molar-refractivity contribution is 5.98. The molecule has 1 unspecified atom stereocenters. The maximum absolute atomic E-state index is 12.9. The second-order valence-corrected chi connectivity index (χ2v) is 7.71. The van der Waals surface area contributed by atoms with E-state index in [1.54, 1.807) is 30.3 Å². The summed E-state index contributed by atoms with van der Waals surface area (Å²) in [6, 6.07) is 7.34. The predicted octanol–water partition coefficient (Wildman–Crippen LogP) is 1.02. The number of esters is 1. The van der Waals surface area contributed by atoms with Gasteiger partial charge < -0.3 is 20.7 Å². The lowest BCUT2D eigenvalue weighted by atomic mass is 10.2. The van der Waals surface area contributed by atoms with E-state index in [1.807, 2.05) is 13.8 Å². The number of carbonyl (C=O) groups excluding carboxylic acids is 3. The number of aromatic nitrogens is 2. The van der Waals surface area contributed by atoms with Crippen molar-refractivity contribution in [1.82, 2.24) is 14.9 Å². The molecule has 2 amide bonds. The van der Waals surface area contributed by atoms with Crippen molar-refractivity contribution in [2.75, 3.05) is 23.8 Å². The molecule has 1 aromatic heterocycles. The number of unbranched alkanes of at least 4 members (excludes halogenated alkanes) is 1. The van der Waals surface area contributed by atoms with E-state index in [0.29, 0.717) is 18.4 Å². The Morgan fingerprint density at radius 2 is 1.82 bits per heavy atom. The van der Waals surface area contributed by atoms with Crippen molar-refractivity contribution in [3.63, 3.8) is 0 Å². The van der Waals surface area contributed by atoms with E-state index in [2.05, 4.69) is 10.3 Å². The molecule has 2 aromatic rings. The Morgan fingerprint density at radius 3 is 2.44 bits per heavy atom.